The molecular weight excluding hydrogens is 568 g/mol. The van der Waals surface area contributed by atoms with Gasteiger partial charge in [0.05, 0.1) is 35.4 Å². The summed E-state index contributed by atoms with van der Waals surface area (Å²) in [6.07, 6.45) is 11.0. The zero-order valence-electron chi connectivity index (χ0n) is 25.6. The second-order valence-corrected chi connectivity index (χ2v) is 14.1. The number of anilines is 3. The Bertz CT molecular complexity index is 1570. The molecule has 5 fully saturated rings. The summed E-state index contributed by atoms with van der Waals surface area (Å²) in [5.74, 6) is 2.51. The van der Waals surface area contributed by atoms with Gasteiger partial charge in [0, 0.05) is 56.3 Å². The van der Waals surface area contributed by atoms with Gasteiger partial charge >= 0.3 is 5.97 Å². The molecule has 236 valence electrons. The summed E-state index contributed by atoms with van der Waals surface area (Å²) in [5, 5.41) is 28.3. The van der Waals surface area contributed by atoms with Gasteiger partial charge in [0.1, 0.15) is 11.6 Å². The summed E-state index contributed by atoms with van der Waals surface area (Å²) in [6, 6.07) is 9.70. The number of carboxylic acid groups (broad SMARTS) is 1. The summed E-state index contributed by atoms with van der Waals surface area (Å²) in [7, 11) is 0. The van der Waals surface area contributed by atoms with Crippen molar-refractivity contribution in [2.24, 2.45) is 23.7 Å². The minimum Gasteiger partial charge on any atom is -0.507 e. The van der Waals surface area contributed by atoms with Gasteiger partial charge in [0.2, 0.25) is 0 Å². The van der Waals surface area contributed by atoms with Gasteiger partial charge < -0.3 is 25.7 Å². The number of aromatic nitrogens is 4. The van der Waals surface area contributed by atoms with E-state index in [0.29, 0.717) is 40.9 Å². The number of piperazine rings is 1. The van der Waals surface area contributed by atoms with E-state index in [2.05, 4.69) is 24.9 Å². The topological polar surface area (TPSA) is 145 Å². The number of phenols is 1. The van der Waals surface area contributed by atoms with Crippen molar-refractivity contribution in [3.8, 4) is 17.0 Å². The average molecular weight is 611 g/mol. The molecule has 4 heterocycles. The molecule has 4 unspecified atom stereocenters. The number of phenolic OH excluding ortho intramolecular Hbond substituents is 1. The van der Waals surface area contributed by atoms with E-state index in [1.165, 1.54) is 6.42 Å². The van der Waals surface area contributed by atoms with Crippen molar-refractivity contribution < 1.29 is 15.0 Å². The zero-order valence-corrected chi connectivity index (χ0v) is 25.6. The van der Waals surface area contributed by atoms with Gasteiger partial charge in [-0.25, -0.2) is 9.97 Å². The highest BCUT2D eigenvalue weighted by Gasteiger charge is 2.63. The molecule has 0 spiro atoms. The minimum atomic E-state index is -0.634. The number of hydrogen-bond acceptors (Lipinski definition) is 10. The molecule has 5 aliphatic rings. The van der Waals surface area contributed by atoms with Crippen LogP contribution in [-0.4, -0.2) is 86.6 Å². The first-order chi connectivity index (χ1) is 21.9. The van der Waals surface area contributed by atoms with Crippen LogP contribution in [0.25, 0.3) is 11.3 Å². The number of nitrogens with two attached hydrogens (primary N) is 1. The lowest BCUT2D eigenvalue weighted by atomic mass is 9.54. The van der Waals surface area contributed by atoms with Crippen molar-refractivity contribution >= 4 is 23.2 Å². The second-order valence-electron chi connectivity index (χ2n) is 14.1. The molecule has 2 aliphatic heterocycles. The fourth-order valence-electron chi connectivity index (χ4n) is 9.45. The molecule has 8 rings (SSSR count). The van der Waals surface area contributed by atoms with E-state index in [4.69, 9.17) is 15.7 Å². The first kappa shape index (κ1) is 28.5. The summed E-state index contributed by atoms with van der Waals surface area (Å²) in [5.41, 5.74) is 9.75. The van der Waals surface area contributed by atoms with Crippen molar-refractivity contribution in [2.75, 3.05) is 54.8 Å². The van der Waals surface area contributed by atoms with Crippen LogP contribution >= 0.6 is 0 Å². The Labute approximate surface area is 263 Å². The Morgan fingerprint density at radius 1 is 0.933 bits per heavy atom. The molecule has 0 radical (unpaired) electrons. The van der Waals surface area contributed by atoms with E-state index >= 15 is 0 Å². The highest BCUT2D eigenvalue weighted by Crippen LogP contribution is 2.64. The highest BCUT2D eigenvalue weighted by molar-refractivity contribution is 5.74. The van der Waals surface area contributed by atoms with Gasteiger partial charge in [0.15, 0.2) is 5.82 Å². The van der Waals surface area contributed by atoms with Crippen LogP contribution < -0.4 is 15.5 Å². The summed E-state index contributed by atoms with van der Waals surface area (Å²) in [6.45, 7) is 5.76. The molecule has 3 saturated carbocycles. The number of para-hydroxylation sites is 1. The van der Waals surface area contributed by atoms with E-state index in [1.54, 1.807) is 12.1 Å². The van der Waals surface area contributed by atoms with Crippen molar-refractivity contribution in [1.29, 1.82) is 0 Å². The average Bonchev–Trinajstić information content (AvgIpc) is 3.25. The molecule has 11 heteroatoms. The van der Waals surface area contributed by atoms with E-state index in [9.17, 15) is 15.0 Å². The molecule has 4 atom stereocenters. The maximum Gasteiger partial charge on any atom is 0.306 e. The molecule has 1 aromatic carbocycles. The van der Waals surface area contributed by atoms with Crippen molar-refractivity contribution in [3.05, 3.63) is 48.5 Å². The molecule has 2 aromatic heterocycles. The maximum atomic E-state index is 11.3. The van der Waals surface area contributed by atoms with Crippen LogP contribution in [0.1, 0.15) is 50.8 Å². The van der Waals surface area contributed by atoms with Gasteiger partial charge in [0.25, 0.3) is 0 Å². The first-order valence-electron chi connectivity index (χ1n) is 16.6. The standard InChI is InChI=1S/C34H42N8O3/c35-31-29(14-28(38-39-31)26-3-1-2-4-30(26)43)42-19-21-13-27-23(20-42)16-34(27,15-21)33-36-17-25(18-37-33)41-11-9-40(10-12-41)24-7-5-22(6-8-24)32(44)45/h1-4,14,17-18,21-24,27,43H,5-13,15-16,19-20H2,(H2,35,39)(H,44,45)/t21?,22-,23?,24+,27?,34?. The van der Waals surface area contributed by atoms with Crippen LogP contribution in [0.2, 0.25) is 0 Å². The Morgan fingerprint density at radius 3 is 2.42 bits per heavy atom. The number of benzene rings is 1. The summed E-state index contributed by atoms with van der Waals surface area (Å²) < 4.78 is 0. The number of hydrogen-bond donors (Lipinski definition) is 3. The fourth-order valence-corrected chi connectivity index (χ4v) is 9.45. The number of rotatable bonds is 6. The van der Waals surface area contributed by atoms with Crippen LogP contribution in [-0.2, 0) is 10.2 Å². The Morgan fingerprint density at radius 2 is 1.69 bits per heavy atom. The molecule has 3 aliphatic carbocycles. The van der Waals surface area contributed by atoms with Crippen LogP contribution in [0.4, 0.5) is 17.2 Å². The minimum absolute atomic E-state index is 0.0798. The summed E-state index contributed by atoms with van der Waals surface area (Å²) >= 11 is 0. The molecule has 2 bridgehead atoms. The number of aliphatic carboxylic acids is 1. The maximum absolute atomic E-state index is 11.3. The fraction of sp³-hybridized carbons (Fsp3) is 0.559. The normalized spacial score (nSPS) is 31.3. The van der Waals surface area contributed by atoms with E-state index in [-0.39, 0.29) is 17.1 Å². The van der Waals surface area contributed by atoms with Gasteiger partial charge in [-0.05, 0) is 80.9 Å². The number of fused-ring (bicyclic) bond motifs is 1. The molecule has 11 nitrogen and oxygen atoms in total. The molecule has 3 aromatic rings. The zero-order chi connectivity index (χ0) is 30.7. The van der Waals surface area contributed by atoms with Gasteiger partial charge in [-0.2, -0.15) is 0 Å². The summed E-state index contributed by atoms with van der Waals surface area (Å²) in [4.78, 5) is 28.7. The Balaban J connectivity index is 0.910. The third-order valence-corrected chi connectivity index (χ3v) is 11.7. The van der Waals surface area contributed by atoms with Crippen molar-refractivity contribution in [3.63, 3.8) is 0 Å². The SMILES string of the molecule is Nc1nnc(-c2ccccc2O)cc1N1CC2CC3C(C1)CC3(c1ncc(N3CCN([C@H]4CC[C@@H](C(=O)O)CC4)CC3)cn1)C2. The Kier molecular flexibility index (Phi) is 7.04. The predicted octanol–water partition coefficient (Wildman–Crippen LogP) is 3.79. The molecule has 2 saturated heterocycles. The van der Waals surface area contributed by atoms with Crippen LogP contribution in [0, 0.1) is 23.7 Å². The number of nitrogen functional groups attached to an aromatic ring is 1. The molecule has 0 amide bonds. The highest BCUT2D eigenvalue weighted by atomic mass is 16.4. The van der Waals surface area contributed by atoms with E-state index < -0.39 is 5.97 Å². The van der Waals surface area contributed by atoms with Gasteiger partial charge in [-0.15, -0.1) is 10.2 Å². The number of aromatic hydroxyl groups is 1. The molecule has 45 heavy (non-hydrogen) atoms. The third kappa shape index (κ3) is 4.95. The van der Waals surface area contributed by atoms with Crippen molar-refractivity contribution in [2.45, 2.75) is 56.4 Å². The Hall–Kier alpha value is -3.99. The van der Waals surface area contributed by atoms with Crippen LogP contribution in [0.15, 0.2) is 42.7 Å². The molecular formula is C34H42N8O3. The lowest BCUT2D eigenvalue weighted by molar-refractivity contribution is -0.143. The van der Waals surface area contributed by atoms with Crippen LogP contribution in [0.5, 0.6) is 5.75 Å². The monoisotopic (exact) mass is 610 g/mol. The second kappa shape index (κ2) is 11.1. The van der Waals surface area contributed by atoms with Crippen molar-refractivity contribution in [1.82, 2.24) is 25.1 Å². The quantitative estimate of drug-likeness (QED) is 0.375. The molecule has 4 N–H and O–H groups in total. The predicted molar refractivity (Wildman–Crippen MR) is 171 cm³/mol. The van der Waals surface area contributed by atoms with Crippen LogP contribution in [0.3, 0.4) is 0 Å². The number of carboxylic acids is 1. The van der Waals surface area contributed by atoms with Gasteiger partial charge in [-0.1, -0.05) is 12.1 Å². The van der Waals surface area contributed by atoms with Gasteiger partial charge in [-0.3, -0.25) is 9.69 Å². The lowest BCUT2D eigenvalue weighted by Crippen LogP contribution is -2.54. The van der Waals surface area contributed by atoms with E-state index in [0.717, 1.165) is 95.0 Å². The third-order valence-electron chi connectivity index (χ3n) is 11.7. The van der Waals surface area contributed by atoms with E-state index in [1.807, 2.05) is 30.6 Å². The number of nitrogens with zero attached hydrogens (tertiary/aromatic N) is 7. The smallest absolute Gasteiger partial charge is 0.306 e. The largest absolute Gasteiger partial charge is 0.507 e. The lowest BCUT2D eigenvalue weighted by Gasteiger charge is -2.52. The number of carbonyl (C=O) groups is 1. The first-order valence-corrected chi connectivity index (χ1v) is 16.6.